The molecule has 0 aliphatic carbocycles. The van der Waals surface area contributed by atoms with Gasteiger partial charge in [-0.15, -0.1) is 0 Å². The van der Waals surface area contributed by atoms with E-state index in [0.717, 1.165) is 77.2 Å². The van der Waals surface area contributed by atoms with Crippen molar-refractivity contribution in [2.45, 2.75) is 78.6 Å². The molecule has 0 N–H and O–H groups in total. The second kappa shape index (κ2) is 18.9. The summed E-state index contributed by atoms with van der Waals surface area (Å²) in [4.78, 5) is 4.93. The summed E-state index contributed by atoms with van der Waals surface area (Å²) in [5.74, 6) is 1.93. The first-order chi connectivity index (χ1) is 43.9. The van der Waals surface area contributed by atoms with E-state index < -0.39 is 41.7 Å². The number of para-hydroxylation sites is 3. The fourth-order valence-corrected chi connectivity index (χ4v) is 12.6. The molecule has 10 aromatic carbocycles. The third kappa shape index (κ3) is 8.29. The maximum absolute atomic E-state index is 10.2. The van der Waals surface area contributed by atoms with E-state index in [2.05, 4.69) is 181 Å². The van der Waals surface area contributed by atoms with Crippen LogP contribution in [0, 0.1) is 6.33 Å². The molecule has 14 aromatic rings. The van der Waals surface area contributed by atoms with Crippen molar-refractivity contribution in [1.29, 1.82) is 0 Å². The summed E-state index contributed by atoms with van der Waals surface area (Å²) in [7, 11) is 0. The van der Waals surface area contributed by atoms with E-state index in [1.54, 1.807) is 0 Å². The van der Waals surface area contributed by atoms with Crippen LogP contribution in [-0.2, 0) is 16.2 Å². The minimum atomic E-state index is -0.543. The number of hydrogen-bond acceptors (Lipinski definition) is 2. The lowest BCUT2D eigenvalue weighted by atomic mass is 9.78. The standard InChI is InChI=1S/C78H65N5O/c1-76(2,3)50-35-33-49(34-36-50)64-47-71-65(46-67(64)78(7,8)9)58-25-12-10-23-56(58)57-24-11-13-26-59(57)66-43-53(82-68-30-17-14-27-60(68)61-28-15-18-31-69(61)82)44-73-75(66)81(71)48-80(73)52-21-20-22-54(42-52)84-55-37-38-63-62-29-16-19-32-70(62)83(72(63)45-55)74-41-51(39-40-79-74)77(4,5)6/h10-47H,1-9H3/i10D,11D,12D,13D,23D,24D,25D,26D. The normalized spacial score (nSPS) is 13.9. The fraction of sp³-hybridized carbons (Fsp3) is 0.154. The van der Waals surface area contributed by atoms with Gasteiger partial charge in [-0.3, -0.25) is 13.7 Å². The maximum atomic E-state index is 10.2. The molecule has 0 atom stereocenters. The highest BCUT2D eigenvalue weighted by Gasteiger charge is 2.30. The quantitative estimate of drug-likeness (QED) is 0.123. The van der Waals surface area contributed by atoms with Crippen molar-refractivity contribution in [3.05, 3.63) is 253 Å². The van der Waals surface area contributed by atoms with Gasteiger partial charge >= 0.3 is 0 Å². The van der Waals surface area contributed by atoms with Crippen molar-refractivity contribution in [2.24, 2.45) is 0 Å². The van der Waals surface area contributed by atoms with Crippen molar-refractivity contribution >= 4 is 54.6 Å². The van der Waals surface area contributed by atoms with Crippen LogP contribution in [0.3, 0.4) is 0 Å². The highest BCUT2D eigenvalue weighted by atomic mass is 16.5. The summed E-state index contributed by atoms with van der Waals surface area (Å²) < 4.78 is 93.0. The van der Waals surface area contributed by atoms with Crippen LogP contribution in [0.25, 0.3) is 122 Å². The zero-order valence-electron chi connectivity index (χ0n) is 56.5. The lowest BCUT2D eigenvalue weighted by molar-refractivity contribution is -0.571. The Hall–Kier alpha value is -9.78. The molecule has 84 heavy (non-hydrogen) atoms. The van der Waals surface area contributed by atoms with Gasteiger partial charge < -0.3 is 9.30 Å². The van der Waals surface area contributed by atoms with Crippen molar-refractivity contribution < 1.29 is 20.3 Å². The van der Waals surface area contributed by atoms with Crippen LogP contribution in [0.1, 0.15) is 90.0 Å². The molecule has 1 aliphatic heterocycles. The molecule has 0 amide bonds. The first kappa shape index (κ1) is 43.0. The van der Waals surface area contributed by atoms with E-state index in [-0.39, 0.29) is 45.2 Å². The van der Waals surface area contributed by atoms with Crippen LogP contribution < -0.4 is 9.30 Å². The molecule has 1 aliphatic rings. The Bertz CT molecular complexity index is 5430. The second-order valence-corrected chi connectivity index (χ2v) is 25.3. The summed E-state index contributed by atoms with van der Waals surface area (Å²) in [6.45, 7) is 19.5. The molecule has 0 fully saturated rings. The second-order valence-electron chi connectivity index (χ2n) is 25.3. The Morgan fingerprint density at radius 3 is 1.62 bits per heavy atom. The number of benzene rings is 10. The monoisotopic (exact) mass is 1100 g/mol. The molecule has 0 unspecified atom stereocenters. The maximum Gasteiger partial charge on any atom is 0.269 e. The van der Waals surface area contributed by atoms with Crippen LogP contribution in [0.2, 0.25) is 0 Å². The van der Waals surface area contributed by atoms with Gasteiger partial charge in [0.2, 0.25) is 0 Å². The average Bonchev–Trinajstić information content (AvgIpc) is 1.44. The third-order valence-electron chi connectivity index (χ3n) is 16.8. The van der Waals surface area contributed by atoms with Crippen LogP contribution in [0.15, 0.2) is 230 Å². The van der Waals surface area contributed by atoms with Gasteiger partial charge in [-0.2, -0.15) is 0 Å². The SMILES string of the molecule is [2H]c1c([2H])c([2H])c2c(c1[2H])-c1cc(C(C)(C)C)c(-c3ccc(C(C)(C)C)cc3)cc1-[n+]1[c-]n(-c3cccc(Oc4ccc5c6ccccc6n(-c6cc(C(C)(C)C)ccn6)c5c4)c3)c3cc(-n4c5ccccc5c5ccccc54)cc(c31)-c1c([2H])c([2H])c([2H])c([2H])c1-2. The van der Waals surface area contributed by atoms with Gasteiger partial charge in [0, 0.05) is 39.5 Å². The lowest BCUT2D eigenvalue weighted by Crippen LogP contribution is -2.31. The Kier molecular flexibility index (Phi) is 9.66. The van der Waals surface area contributed by atoms with E-state index >= 15 is 0 Å². The molecule has 408 valence electrons. The van der Waals surface area contributed by atoms with Gasteiger partial charge in [-0.1, -0.05) is 202 Å². The molecule has 6 nitrogen and oxygen atoms in total. The molecule has 4 aromatic heterocycles. The topological polar surface area (TPSA) is 40.8 Å². The molecular weight excluding hydrogens is 1020 g/mol. The van der Waals surface area contributed by atoms with Crippen molar-refractivity contribution in [3.8, 4) is 78.9 Å². The largest absolute Gasteiger partial charge is 0.458 e. The summed E-state index contributed by atoms with van der Waals surface area (Å²) in [5.41, 5.74) is 11.8. The van der Waals surface area contributed by atoms with Gasteiger partial charge in [-0.05, 0) is 156 Å². The van der Waals surface area contributed by atoms with Gasteiger partial charge in [0.25, 0.3) is 6.33 Å². The molecule has 6 heteroatoms. The van der Waals surface area contributed by atoms with Crippen LogP contribution in [-0.4, -0.2) is 18.7 Å². The summed E-state index contributed by atoms with van der Waals surface area (Å²) >= 11 is 0. The minimum Gasteiger partial charge on any atom is -0.458 e. The van der Waals surface area contributed by atoms with Crippen molar-refractivity contribution in [3.63, 3.8) is 0 Å². The van der Waals surface area contributed by atoms with E-state index in [9.17, 15) is 11.0 Å². The molecule has 0 radical (unpaired) electrons. The summed E-state index contributed by atoms with van der Waals surface area (Å²) in [6, 6.07) is 56.0. The van der Waals surface area contributed by atoms with Crippen molar-refractivity contribution in [1.82, 2.24) is 18.7 Å². The number of imidazole rings is 1. The van der Waals surface area contributed by atoms with Crippen LogP contribution >= 0.6 is 0 Å². The Balaban J connectivity index is 1.06. The number of hydrogen-bond donors (Lipinski definition) is 0. The zero-order valence-corrected chi connectivity index (χ0v) is 48.5. The first-order valence-corrected chi connectivity index (χ1v) is 28.7. The highest BCUT2D eigenvalue weighted by molar-refractivity contribution is 6.11. The van der Waals surface area contributed by atoms with Crippen molar-refractivity contribution in [2.75, 3.05) is 0 Å². The summed E-state index contributed by atoms with van der Waals surface area (Å²) in [6.07, 6.45) is 5.71. The van der Waals surface area contributed by atoms with E-state index in [0.29, 0.717) is 50.7 Å². The van der Waals surface area contributed by atoms with Gasteiger partial charge in [-0.25, -0.2) is 4.98 Å². The van der Waals surface area contributed by atoms with Gasteiger partial charge in [0.05, 0.1) is 55.4 Å². The van der Waals surface area contributed by atoms with Crippen LogP contribution in [0.5, 0.6) is 11.5 Å². The first-order valence-electron chi connectivity index (χ1n) is 32.7. The van der Waals surface area contributed by atoms with Gasteiger partial charge in [0.1, 0.15) is 17.3 Å². The highest BCUT2D eigenvalue weighted by Crippen LogP contribution is 2.48. The number of aromatic nitrogens is 5. The molecule has 0 saturated heterocycles. The zero-order chi connectivity index (χ0) is 64.4. The molecule has 5 heterocycles. The number of fused-ring (bicyclic) bond motifs is 13. The van der Waals surface area contributed by atoms with E-state index in [1.807, 2.05) is 88.1 Å². The smallest absolute Gasteiger partial charge is 0.269 e. The third-order valence-corrected chi connectivity index (χ3v) is 16.8. The Morgan fingerprint density at radius 1 is 0.429 bits per heavy atom. The molecular formula is C78H65N5O. The number of rotatable bonds is 6. The predicted octanol–water partition coefficient (Wildman–Crippen LogP) is 20.0. The number of pyridine rings is 1. The molecule has 0 spiro atoms. The van der Waals surface area contributed by atoms with Crippen LogP contribution in [0.4, 0.5) is 0 Å². The predicted molar refractivity (Wildman–Crippen MR) is 348 cm³/mol. The fourth-order valence-electron chi connectivity index (χ4n) is 12.6. The number of nitrogens with zero attached hydrogens (tertiary/aromatic N) is 5. The van der Waals surface area contributed by atoms with E-state index in [1.165, 1.54) is 0 Å². The molecule has 0 bridgehead atoms. The molecule has 0 saturated carbocycles. The summed E-state index contributed by atoms with van der Waals surface area (Å²) in [5, 5.41) is 4.16. The number of ether oxygens (including phenoxy) is 1. The van der Waals surface area contributed by atoms with E-state index in [4.69, 9.17) is 9.72 Å². The average molecular weight is 1100 g/mol. The molecule has 15 rings (SSSR count). The Labute approximate surface area is 502 Å². The van der Waals surface area contributed by atoms with Gasteiger partial charge in [0.15, 0.2) is 0 Å². The minimum absolute atomic E-state index is 0.0338. The Morgan fingerprint density at radius 2 is 1.00 bits per heavy atom. The lowest BCUT2D eigenvalue weighted by Gasteiger charge is -2.27.